The highest BCUT2D eigenvalue weighted by Crippen LogP contribution is 2.51. The lowest BCUT2D eigenvalue weighted by Crippen LogP contribution is -2.16. The maximum Gasteiger partial charge on any atom is 0.162 e. The van der Waals surface area contributed by atoms with Gasteiger partial charge >= 0.3 is 0 Å². The Morgan fingerprint density at radius 3 is 2.24 bits per heavy atom. The number of fused-ring (bicyclic) bond motifs is 3. The summed E-state index contributed by atoms with van der Waals surface area (Å²) in [6.45, 7) is 4.53. The van der Waals surface area contributed by atoms with Crippen LogP contribution >= 0.6 is 0 Å². The summed E-state index contributed by atoms with van der Waals surface area (Å²) in [7, 11) is 0. The van der Waals surface area contributed by atoms with E-state index in [1.807, 2.05) is 0 Å². The summed E-state index contributed by atoms with van der Waals surface area (Å²) in [5.74, 6) is 0.739. The second-order valence-electron chi connectivity index (χ2n) is 5.86. The molecule has 1 heterocycles. The molecule has 0 fully saturated rings. The summed E-state index contributed by atoms with van der Waals surface area (Å²) in [5.41, 5.74) is 6.31. The summed E-state index contributed by atoms with van der Waals surface area (Å²) in [4.78, 5) is 12.6. The zero-order chi connectivity index (χ0) is 14.4. The zero-order valence-electron chi connectivity index (χ0n) is 12.0. The molecule has 0 spiro atoms. The third-order valence-electron chi connectivity index (χ3n) is 4.31. The maximum atomic E-state index is 4.33. The molecule has 4 rings (SSSR count). The monoisotopic (exact) mass is 273 g/mol. The normalized spacial score (nSPS) is 14.6. The van der Waals surface area contributed by atoms with E-state index < -0.39 is 0 Å². The molecule has 0 amide bonds. The summed E-state index contributed by atoms with van der Waals surface area (Å²) in [5, 5.41) is 0. The lowest BCUT2D eigenvalue weighted by molar-refractivity contribution is 0.661. The molecule has 2 aromatic carbocycles. The van der Waals surface area contributed by atoms with E-state index >= 15 is 0 Å². The van der Waals surface area contributed by atoms with E-state index in [4.69, 9.17) is 0 Å². The SMILES string of the molecule is CC1(C)c2ccccc2-c2cccc(-c3ncncn3)c21. The van der Waals surface area contributed by atoms with Crippen molar-refractivity contribution in [1.82, 2.24) is 15.0 Å². The average Bonchev–Trinajstić information content (AvgIpc) is 2.77. The fourth-order valence-corrected chi connectivity index (χ4v) is 3.41. The van der Waals surface area contributed by atoms with Crippen LogP contribution in [0.5, 0.6) is 0 Å². The van der Waals surface area contributed by atoms with Crippen molar-refractivity contribution in [3.63, 3.8) is 0 Å². The maximum absolute atomic E-state index is 4.33. The van der Waals surface area contributed by atoms with Crippen molar-refractivity contribution in [2.24, 2.45) is 0 Å². The quantitative estimate of drug-likeness (QED) is 0.676. The van der Waals surface area contributed by atoms with Gasteiger partial charge in [-0.25, -0.2) is 15.0 Å². The Kier molecular flexibility index (Phi) is 2.45. The Morgan fingerprint density at radius 1 is 0.762 bits per heavy atom. The molecule has 102 valence electrons. The first-order valence-electron chi connectivity index (χ1n) is 7.05. The van der Waals surface area contributed by atoms with Gasteiger partial charge in [-0.15, -0.1) is 0 Å². The van der Waals surface area contributed by atoms with Crippen LogP contribution in [0, 0.1) is 0 Å². The molecule has 0 aliphatic heterocycles. The molecule has 0 unspecified atom stereocenters. The Hall–Kier alpha value is -2.55. The van der Waals surface area contributed by atoms with Gasteiger partial charge in [0.05, 0.1) is 0 Å². The van der Waals surface area contributed by atoms with E-state index in [0.717, 1.165) is 11.4 Å². The van der Waals surface area contributed by atoms with E-state index in [1.165, 1.54) is 22.3 Å². The molecule has 0 N–H and O–H groups in total. The van der Waals surface area contributed by atoms with Gasteiger partial charge in [-0.3, -0.25) is 0 Å². The molecule has 3 nitrogen and oxygen atoms in total. The van der Waals surface area contributed by atoms with Crippen molar-refractivity contribution in [1.29, 1.82) is 0 Å². The molecule has 0 radical (unpaired) electrons. The van der Waals surface area contributed by atoms with Crippen LogP contribution in [-0.2, 0) is 5.41 Å². The molecule has 0 atom stereocenters. The predicted molar refractivity (Wildman–Crippen MR) is 82.8 cm³/mol. The predicted octanol–water partition coefficient (Wildman–Crippen LogP) is 3.84. The number of rotatable bonds is 1. The second-order valence-corrected chi connectivity index (χ2v) is 5.86. The van der Waals surface area contributed by atoms with Gasteiger partial charge in [-0.1, -0.05) is 56.3 Å². The minimum Gasteiger partial charge on any atom is -0.225 e. The van der Waals surface area contributed by atoms with E-state index in [9.17, 15) is 0 Å². The van der Waals surface area contributed by atoms with Crippen LogP contribution in [0.25, 0.3) is 22.5 Å². The molecule has 21 heavy (non-hydrogen) atoms. The van der Waals surface area contributed by atoms with Crippen molar-refractivity contribution >= 4 is 0 Å². The van der Waals surface area contributed by atoms with Gasteiger partial charge in [0.2, 0.25) is 0 Å². The fourth-order valence-electron chi connectivity index (χ4n) is 3.41. The molecule has 1 aromatic heterocycles. The Bertz CT molecular complexity index is 823. The Labute approximate surface area is 123 Å². The van der Waals surface area contributed by atoms with Gasteiger partial charge in [0, 0.05) is 11.0 Å². The third kappa shape index (κ3) is 1.64. The molecule has 0 saturated carbocycles. The number of nitrogens with zero attached hydrogens (tertiary/aromatic N) is 3. The first-order chi connectivity index (χ1) is 10.2. The van der Waals surface area contributed by atoms with Crippen LogP contribution in [0.4, 0.5) is 0 Å². The van der Waals surface area contributed by atoms with Crippen LogP contribution in [0.2, 0.25) is 0 Å². The molecule has 1 aliphatic rings. The van der Waals surface area contributed by atoms with Crippen molar-refractivity contribution < 1.29 is 0 Å². The van der Waals surface area contributed by atoms with Crippen LogP contribution in [-0.4, -0.2) is 15.0 Å². The molecule has 0 saturated heterocycles. The van der Waals surface area contributed by atoms with E-state index in [2.05, 4.69) is 71.3 Å². The number of aromatic nitrogens is 3. The molecule has 0 bridgehead atoms. The minimum atomic E-state index is -0.0465. The smallest absolute Gasteiger partial charge is 0.162 e. The van der Waals surface area contributed by atoms with Gasteiger partial charge in [0.15, 0.2) is 5.82 Å². The van der Waals surface area contributed by atoms with Crippen molar-refractivity contribution in [3.8, 4) is 22.5 Å². The fraction of sp³-hybridized carbons (Fsp3) is 0.167. The second kappa shape index (κ2) is 4.22. The molecule has 1 aliphatic carbocycles. The standard InChI is InChI=1S/C18H15N3/c1-18(2)15-9-4-3-6-12(15)13-7-5-8-14(16(13)18)17-20-10-19-11-21-17/h3-11H,1-2H3. The summed E-state index contributed by atoms with van der Waals surface area (Å²) in [6.07, 6.45) is 3.10. The molecule has 3 aromatic rings. The van der Waals surface area contributed by atoms with Crippen LogP contribution in [0.1, 0.15) is 25.0 Å². The van der Waals surface area contributed by atoms with E-state index in [-0.39, 0.29) is 5.41 Å². The van der Waals surface area contributed by atoms with Crippen LogP contribution < -0.4 is 0 Å². The van der Waals surface area contributed by atoms with Gasteiger partial charge in [-0.2, -0.15) is 0 Å². The van der Waals surface area contributed by atoms with Crippen molar-refractivity contribution in [3.05, 3.63) is 66.2 Å². The summed E-state index contributed by atoms with van der Waals surface area (Å²) >= 11 is 0. The number of hydrogen-bond acceptors (Lipinski definition) is 3. The number of benzene rings is 2. The highest BCUT2D eigenvalue weighted by molar-refractivity contribution is 5.86. The van der Waals surface area contributed by atoms with Crippen LogP contribution in [0.15, 0.2) is 55.1 Å². The highest BCUT2D eigenvalue weighted by Gasteiger charge is 2.37. The van der Waals surface area contributed by atoms with Gasteiger partial charge < -0.3 is 0 Å². The highest BCUT2D eigenvalue weighted by atomic mass is 15.0. The lowest BCUT2D eigenvalue weighted by Gasteiger charge is -2.23. The van der Waals surface area contributed by atoms with Crippen LogP contribution in [0.3, 0.4) is 0 Å². The third-order valence-corrected chi connectivity index (χ3v) is 4.31. The topological polar surface area (TPSA) is 38.7 Å². The Balaban J connectivity index is 2.06. The molecule has 3 heteroatoms. The zero-order valence-corrected chi connectivity index (χ0v) is 12.0. The van der Waals surface area contributed by atoms with E-state index in [1.54, 1.807) is 12.7 Å². The minimum absolute atomic E-state index is 0.0465. The van der Waals surface area contributed by atoms with Crippen molar-refractivity contribution in [2.75, 3.05) is 0 Å². The van der Waals surface area contributed by atoms with Gasteiger partial charge in [0.25, 0.3) is 0 Å². The van der Waals surface area contributed by atoms with Gasteiger partial charge in [-0.05, 0) is 22.3 Å². The number of hydrogen-bond donors (Lipinski definition) is 0. The summed E-state index contributed by atoms with van der Waals surface area (Å²) in [6, 6.07) is 15.0. The Morgan fingerprint density at radius 2 is 1.43 bits per heavy atom. The van der Waals surface area contributed by atoms with Crippen molar-refractivity contribution in [2.45, 2.75) is 19.3 Å². The largest absolute Gasteiger partial charge is 0.225 e. The lowest BCUT2D eigenvalue weighted by atomic mass is 9.80. The molecular formula is C18H15N3. The summed E-state index contributed by atoms with van der Waals surface area (Å²) < 4.78 is 0. The van der Waals surface area contributed by atoms with Gasteiger partial charge in [0.1, 0.15) is 12.7 Å². The van der Waals surface area contributed by atoms with E-state index in [0.29, 0.717) is 0 Å². The average molecular weight is 273 g/mol. The first-order valence-corrected chi connectivity index (χ1v) is 7.05. The molecular weight excluding hydrogens is 258 g/mol. The first kappa shape index (κ1) is 12.2.